The summed E-state index contributed by atoms with van der Waals surface area (Å²) in [7, 11) is 0. The van der Waals surface area contributed by atoms with E-state index in [9.17, 15) is 9.90 Å². The highest BCUT2D eigenvalue weighted by molar-refractivity contribution is 7.99. The number of hydrogen-bond donors (Lipinski definition) is 2. The van der Waals surface area contributed by atoms with Gasteiger partial charge in [0.1, 0.15) is 5.82 Å². The largest absolute Gasteiger partial charge is 0.476 e. The van der Waals surface area contributed by atoms with E-state index in [1.54, 1.807) is 6.20 Å². The van der Waals surface area contributed by atoms with Gasteiger partial charge < -0.3 is 10.4 Å². The second-order valence-corrected chi connectivity index (χ2v) is 6.21. The Labute approximate surface area is 117 Å². The van der Waals surface area contributed by atoms with E-state index in [1.165, 1.54) is 0 Å². The Balaban J connectivity index is 2.21. The second kappa shape index (κ2) is 6.23. The molecular formula is C13H19N3O2S. The fraction of sp³-hybridized carbons (Fsp3) is 0.615. The van der Waals surface area contributed by atoms with E-state index in [2.05, 4.69) is 15.3 Å². The Morgan fingerprint density at radius 2 is 2.16 bits per heavy atom. The van der Waals surface area contributed by atoms with E-state index >= 15 is 0 Å². The van der Waals surface area contributed by atoms with Crippen molar-refractivity contribution in [3.05, 3.63) is 17.7 Å². The summed E-state index contributed by atoms with van der Waals surface area (Å²) in [5, 5.41) is 12.5. The summed E-state index contributed by atoms with van der Waals surface area (Å²) < 4.78 is 0. The number of carboxylic acids is 1. The Bertz CT molecular complexity index is 459. The van der Waals surface area contributed by atoms with Crippen LogP contribution < -0.4 is 5.32 Å². The van der Waals surface area contributed by atoms with Crippen molar-refractivity contribution in [2.75, 3.05) is 16.8 Å². The number of carboxylic acid groups (broad SMARTS) is 1. The first-order valence-corrected chi connectivity index (χ1v) is 7.68. The van der Waals surface area contributed by atoms with Gasteiger partial charge in [-0.05, 0) is 24.3 Å². The molecule has 2 heterocycles. The van der Waals surface area contributed by atoms with Gasteiger partial charge in [-0.3, -0.25) is 0 Å². The molecule has 2 N–H and O–H groups in total. The smallest absolute Gasteiger partial charge is 0.356 e. The van der Waals surface area contributed by atoms with Crippen LogP contribution in [0.1, 0.15) is 48.9 Å². The van der Waals surface area contributed by atoms with Crippen LogP contribution in [0.25, 0.3) is 0 Å². The molecular weight excluding hydrogens is 262 g/mol. The minimum absolute atomic E-state index is 0.0805. The lowest BCUT2D eigenvalue weighted by Gasteiger charge is -2.24. The summed E-state index contributed by atoms with van der Waals surface area (Å²) in [6, 6.07) is 0.327. The van der Waals surface area contributed by atoms with E-state index < -0.39 is 5.97 Å². The molecule has 1 aromatic heterocycles. The zero-order valence-electron chi connectivity index (χ0n) is 11.2. The van der Waals surface area contributed by atoms with Crippen LogP contribution in [0, 0.1) is 0 Å². The number of rotatable bonds is 4. The first-order chi connectivity index (χ1) is 9.08. The highest BCUT2D eigenvalue weighted by Gasteiger charge is 2.19. The van der Waals surface area contributed by atoms with Crippen LogP contribution in [0.4, 0.5) is 5.69 Å². The maximum Gasteiger partial charge on any atom is 0.356 e. The van der Waals surface area contributed by atoms with Crippen molar-refractivity contribution in [2.24, 2.45) is 0 Å². The number of thioether (sulfide) groups is 1. The number of nitrogens with zero attached hydrogens (tertiary/aromatic N) is 2. The second-order valence-electron chi connectivity index (χ2n) is 4.98. The summed E-state index contributed by atoms with van der Waals surface area (Å²) in [5.41, 5.74) is 0.616. The number of nitrogens with one attached hydrogen (secondary N) is 1. The van der Waals surface area contributed by atoms with Crippen molar-refractivity contribution in [3.63, 3.8) is 0 Å². The quantitative estimate of drug-likeness (QED) is 0.883. The molecule has 1 aliphatic heterocycles. The molecule has 1 aromatic rings. The topological polar surface area (TPSA) is 75.1 Å². The van der Waals surface area contributed by atoms with E-state index in [0.29, 0.717) is 17.6 Å². The van der Waals surface area contributed by atoms with Crippen molar-refractivity contribution in [1.82, 2.24) is 9.97 Å². The summed E-state index contributed by atoms with van der Waals surface area (Å²) in [6.07, 6.45) is 3.71. The normalized spacial score (nSPS) is 16.6. The molecule has 19 heavy (non-hydrogen) atoms. The van der Waals surface area contributed by atoms with Gasteiger partial charge in [-0.25, -0.2) is 14.8 Å². The van der Waals surface area contributed by atoms with Crippen LogP contribution in [0.3, 0.4) is 0 Å². The van der Waals surface area contributed by atoms with Crippen molar-refractivity contribution in [2.45, 2.75) is 38.6 Å². The molecule has 6 heteroatoms. The van der Waals surface area contributed by atoms with Crippen LogP contribution >= 0.6 is 11.8 Å². The lowest BCUT2D eigenvalue weighted by Crippen LogP contribution is -2.26. The predicted octanol–water partition coefficient (Wildman–Crippen LogP) is 2.61. The maximum atomic E-state index is 11.3. The zero-order chi connectivity index (χ0) is 13.8. The van der Waals surface area contributed by atoms with Gasteiger partial charge in [0.25, 0.3) is 0 Å². The van der Waals surface area contributed by atoms with Gasteiger partial charge in [0.15, 0.2) is 5.69 Å². The third-order valence-electron chi connectivity index (χ3n) is 3.11. The zero-order valence-corrected chi connectivity index (χ0v) is 12.0. The van der Waals surface area contributed by atoms with E-state index in [0.717, 1.165) is 24.3 Å². The van der Waals surface area contributed by atoms with Crippen molar-refractivity contribution >= 4 is 23.4 Å². The third kappa shape index (κ3) is 3.59. The Kier molecular flexibility index (Phi) is 4.63. The molecule has 2 rings (SSSR count). The molecule has 0 aromatic carbocycles. The van der Waals surface area contributed by atoms with Crippen LogP contribution in [0.2, 0.25) is 0 Å². The van der Waals surface area contributed by atoms with Crippen LogP contribution in [-0.2, 0) is 0 Å². The SMILES string of the molecule is CC(C)c1ncc(NC2CCSCC2)c(C(=O)O)n1. The van der Waals surface area contributed by atoms with Crippen LogP contribution in [-0.4, -0.2) is 38.6 Å². The van der Waals surface area contributed by atoms with Crippen molar-refractivity contribution in [3.8, 4) is 0 Å². The first-order valence-electron chi connectivity index (χ1n) is 6.52. The molecule has 104 valence electrons. The first kappa shape index (κ1) is 14.1. The van der Waals surface area contributed by atoms with Crippen LogP contribution in [0.15, 0.2) is 6.20 Å². The van der Waals surface area contributed by atoms with Crippen molar-refractivity contribution < 1.29 is 9.90 Å². The third-order valence-corrected chi connectivity index (χ3v) is 4.16. The van der Waals surface area contributed by atoms with Gasteiger partial charge in [0.2, 0.25) is 0 Å². The lowest BCUT2D eigenvalue weighted by atomic mass is 10.1. The molecule has 1 fully saturated rings. The van der Waals surface area contributed by atoms with Gasteiger partial charge in [0, 0.05) is 12.0 Å². The lowest BCUT2D eigenvalue weighted by molar-refractivity contribution is 0.0691. The fourth-order valence-corrected chi connectivity index (χ4v) is 3.11. The predicted molar refractivity (Wildman–Crippen MR) is 77.1 cm³/mol. The van der Waals surface area contributed by atoms with Gasteiger partial charge >= 0.3 is 5.97 Å². The molecule has 5 nitrogen and oxygen atoms in total. The molecule has 0 unspecified atom stereocenters. The standard InChI is InChI=1S/C13H19N3O2S/c1-8(2)12-14-7-10(11(16-12)13(17)18)15-9-3-5-19-6-4-9/h7-9,15H,3-6H2,1-2H3,(H,17,18). The monoisotopic (exact) mass is 281 g/mol. The van der Waals surface area contributed by atoms with E-state index in [4.69, 9.17) is 0 Å². The highest BCUT2D eigenvalue weighted by Crippen LogP contribution is 2.23. The minimum atomic E-state index is -1.00. The minimum Gasteiger partial charge on any atom is -0.476 e. The molecule has 1 aliphatic rings. The summed E-state index contributed by atoms with van der Waals surface area (Å²) in [6.45, 7) is 3.90. The molecule has 0 bridgehead atoms. The number of anilines is 1. The van der Waals surface area contributed by atoms with Crippen molar-refractivity contribution in [1.29, 1.82) is 0 Å². The number of carbonyl (C=O) groups is 1. The Hall–Kier alpha value is -1.30. The molecule has 0 radical (unpaired) electrons. The van der Waals surface area contributed by atoms with Gasteiger partial charge in [-0.2, -0.15) is 11.8 Å². The average Bonchev–Trinajstić information content (AvgIpc) is 2.39. The summed E-state index contributed by atoms with van der Waals surface area (Å²) >= 11 is 1.94. The summed E-state index contributed by atoms with van der Waals surface area (Å²) in [5.74, 6) is 1.92. The van der Waals surface area contributed by atoms with Gasteiger partial charge in [-0.15, -0.1) is 0 Å². The van der Waals surface area contributed by atoms with E-state index in [-0.39, 0.29) is 11.6 Å². The molecule has 1 saturated heterocycles. The Morgan fingerprint density at radius 3 is 2.74 bits per heavy atom. The maximum absolute atomic E-state index is 11.3. The fourth-order valence-electron chi connectivity index (χ4n) is 2.00. The molecule has 0 atom stereocenters. The number of hydrogen-bond acceptors (Lipinski definition) is 5. The molecule has 0 saturated carbocycles. The summed E-state index contributed by atoms with van der Waals surface area (Å²) in [4.78, 5) is 19.7. The molecule has 0 amide bonds. The van der Waals surface area contributed by atoms with Gasteiger partial charge in [0.05, 0.1) is 11.9 Å². The van der Waals surface area contributed by atoms with Gasteiger partial charge in [-0.1, -0.05) is 13.8 Å². The van der Waals surface area contributed by atoms with E-state index in [1.807, 2.05) is 25.6 Å². The number of aromatic nitrogens is 2. The highest BCUT2D eigenvalue weighted by atomic mass is 32.2. The number of aromatic carboxylic acids is 1. The Morgan fingerprint density at radius 1 is 1.47 bits per heavy atom. The average molecular weight is 281 g/mol. The van der Waals surface area contributed by atoms with Crippen LogP contribution in [0.5, 0.6) is 0 Å². The molecule has 0 aliphatic carbocycles. The molecule has 0 spiro atoms.